The molecule has 2 N–H and O–H groups in total. The van der Waals surface area contributed by atoms with Crippen molar-refractivity contribution in [1.29, 1.82) is 0 Å². The van der Waals surface area contributed by atoms with Crippen LogP contribution in [0.25, 0.3) is 0 Å². The summed E-state index contributed by atoms with van der Waals surface area (Å²) in [5.74, 6) is -0.0248. The highest BCUT2D eigenvalue weighted by molar-refractivity contribution is 8.01. The fourth-order valence-corrected chi connectivity index (χ4v) is 7.21. The number of anilines is 2. The Morgan fingerprint density at radius 3 is 2.64 bits per heavy atom. The Morgan fingerprint density at radius 1 is 1.03 bits per heavy atom. The summed E-state index contributed by atoms with van der Waals surface area (Å²) in [5.41, 5.74) is 1.52. The van der Waals surface area contributed by atoms with Crippen LogP contribution in [0, 0.1) is 5.92 Å². The van der Waals surface area contributed by atoms with Gasteiger partial charge in [0.05, 0.1) is 17.9 Å². The van der Waals surface area contributed by atoms with E-state index in [1.165, 1.54) is 53.7 Å². The van der Waals surface area contributed by atoms with E-state index in [0.717, 1.165) is 42.5 Å². The van der Waals surface area contributed by atoms with Crippen molar-refractivity contribution in [3.63, 3.8) is 0 Å². The van der Waals surface area contributed by atoms with Crippen molar-refractivity contribution in [1.82, 2.24) is 10.2 Å². The van der Waals surface area contributed by atoms with Gasteiger partial charge >= 0.3 is 5.97 Å². The van der Waals surface area contributed by atoms with Gasteiger partial charge in [0, 0.05) is 11.3 Å². The normalized spacial score (nSPS) is 15.8. The van der Waals surface area contributed by atoms with Gasteiger partial charge in [-0.15, -0.1) is 21.5 Å². The Labute approximate surface area is 205 Å². The molecule has 0 atom stereocenters. The lowest BCUT2D eigenvalue weighted by molar-refractivity contribution is -0.117. The highest BCUT2D eigenvalue weighted by Gasteiger charge is 2.28. The molecule has 0 saturated heterocycles. The van der Waals surface area contributed by atoms with Gasteiger partial charge in [0.2, 0.25) is 16.9 Å². The van der Waals surface area contributed by atoms with E-state index in [9.17, 15) is 14.4 Å². The summed E-state index contributed by atoms with van der Waals surface area (Å²) >= 11 is 3.98. The van der Waals surface area contributed by atoms with Crippen molar-refractivity contribution in [2.75, 3.05) is 23.0 Å². The second-order valence-electron chi connectivity index (χ2n) is 8.25. The number of amides is 2. The molecule has 2 aliphatic carbocycles. The Morgan fingerprint density at radius 2 is 1.85 bits per heavy atom. The molecule has 0 bridgehead atoms. The molecule has 0 radical (unpaired) electrons. The first-order valence-corrected chi connectivity index (χ1v) is 14.0. The Bertz CT molecular complexity index is 1010. The highest BCUT2D eigenvalue weighted by atomic mass is 32.2. The van der Waals surface area contributed by atoms with Crippen molar-refractivity contribution < 1.29 is 19.1 Å². The van der Waals surface area contributed by atoms with Crippen LogP contribution in [0.15, 0.2) is 4.34 Å². The Balaban J connectivity index is 1.28. The number of thiophene rings is 1. The average molecular weight is 509 g/mol. The minimum Gasteiger partial charge on any atom is -0.462 e. The number of hydrogen-bond donors (Lipinski definition) is 2. The van der Waals surface area contributed by atoms with Crippen LogP contribution in [0.1, 0.15) is 72.7 Å². The molecule has 2 heterocycles. The van der Waals surface area contributed by atoms with Crippen molar-refractivity contribution >= 4 is 62.4 Å². The third kappa shape index (κ3) is 6.33. The van der Waals surface area contributed by atoms with Gasteiger partial charge in [-0.05, 0) is 50.5 Å². The van der Waals surface area contributed by atoms with Crippen LogP contribution in [-0.4, -0.2) is 40.3 Å². The predicted octanol–water partition coefficient (Wildman–Crippen LogP) is 4.90. The molecule has 33 heavy (non-hydrogen) atoms. The van der Waals surface area contributed by atoms with Crippen molar-refractivity contribution in [2.24, 2.45) is 5.92 Å². The van der Waals surface area contributed by atoms with E-state index >= 15 is 0 Å². The fraction of sp³-hybridized carbons (Fsp3) is 0.591. The van der Waals surface area contributed by atoms with Crippen LogP contribution < -0.4 is 10.6 Å². The monoisotopic (exact) mass is 508 g/mol. The number of nitrogens with zero attached hydrogens (tertiary/aromatic N) is 2. The standard InChI is InChI=1S/C22H28N4O4S3/c1-2-30-20(29)18-14-9-6-10-15(14)32-19(18)23-17(28)12-31-22-26-25-21(33-22)24-16(27)11-13-7-4-3-5-8-13/h13H,2-12H2,1H3,(H,23,28)(H,24,25,27). The minimum atomic E-state index is -0.377. The zero-order chi connectivity index (χ0) is 23.2. The fourth-order valence-electron chi connectivity index (χ4n) is 4.34. The van der Waals surface area contributed by atoms with Crippen molar-refractivity contribution in [2.45, 2.75) is 69.1 Å². The summed E-state index contributed by atoms with van der Waals surface area (Å²) < 4.78 is 5.81. The molecule has 0 aromatic carbocycles. The first-order valence-electron chi connectivity index (χ1n) is 11.4. The molecule has 0 spiro atoms. The van der Waals surface area contributed by atoms with Crippen molar-refractivity contribution in [3.05, 3.63) is 16.0 Å². The van der Waals surface area contributed by atoms with Gasteiger partial charge in [0.15, 0.2) is 4.34 Å². The highest BCUT2D eigenvalue weighted by Crippen LogP contribution is 2.39. The summed E-state index contributed by atoms with van der Waals surface area (Å²) in [7, 11) is 0. The van der Waals surface area contributed by atoms with Crippen LogP contribution in [0.3, 0.4) is 0 Å². The number of carbonyl (C=O) groups excluding carboxylic acids is 3. The molecular formula is C22H28N4O4S3. The lowest BCUT2D eigenvalue weighted by Crippen LogP contribution is -2.18. The van der Waals surface area contributed by atoms with E-state index in [1.807, 2.05) is 0 Å². The Hall–Kier alpha value is -1.98. The third-order valence-corrected chi connectivity index (χ3v) is 9.01. The number of thioether (sulfide) groups is 1. The molecule has 178 valence electrons. The van der Waals surface area contributed by atoms with Gasteiger partial charge in [0.25, 0.3) is 0 Å². The first kappa shape index (κ1) is 24.2. The molecule has 2 aromatic rings. The summed E-state index contributed by atoms with van der Waals surface area (Å²) in [5, 5.41) is 14.8. The number of rotatable bonds is 9. The van der Waals surface area contributed by atoms with Gasteiger partial charge in [0.1, 0.15) is 5.00 Å². The SMILES string of the molecule is CCOC(=O)c1c(NC(=O)CSc2nnc(NC(=O)CC3CCCCC3)s2)sc2c1CCC2. The van der Waals surface area contributed by atoms with Gasteiger partial charge in [-0.1, -0.05) is 42.4 Å². The molecular weight excluding hydrogens is 480 g/mol. The average Bonchev–Trinajstić information content (AvgIpc) is 3.49. The maximum absolute atomic E-state index is 12.6. The van der Waals surface area contributed by atoms with E-state index in [-0.39, 0.29) is 23.5 Å². The maximum Gasteiger partial charge on any atom is 0.341 e. The van der Waals surface area contributed by atoms with E-state index in [1.54, 1.807) is 6.92 Å². The summed E-state index contributed by atoms with van der Waals surface area (Å²) in [6.07, 6.45) is 9.22. The molecule has 2 aromatic heterocycles. The van der Waals surface area contributed by atoms with E-state index in [4.69, 9.17) is 4.74 Å². The molecule has 1 fully saturated rings. The van der Waals surface area contributed by atoms with E-state index in [2.05, 4.69) is 20.8 Å². The third-order valence-electron chi connectivity index (χ3n) is 5.83. The Kier molecular flexibility index (Phi) is 8.37. The van der Waals surface area contributed by atoms with Crippen LogP contribution in [0.4, 0.5) is 10.1 Å². The zero-order valence-electron chi connectivity index (χ0n) is 18.6. The predicted molar refractivity (Wildman–Crippen MR) is 131 cm³/mol. The second-order valence-corrected chi connectivity index (χ2v) is 11.6. The number of nitrogens with one attached hydrogen (secondary N) is 2. The summed E-state index contributed by atoms with van der Waals surface area (Å²) in [6, 6.07) is 0. The van der Waals surface area contributed by atoms with Crippen molar-refractivity contribution in [3.8, 4) is 0 Å². The second kappa shape index (κ2) is 11.4. The minimum absolute atomic E-state index is 0.0235. The molecule has 0 unspecified atom stereocenters. The number of aryl methyl sites for hydroxylation is 1. The maximum atomic E-state index is 12.6. The van der Waals surface area contributed by atoms with Gasteiger partial charge < -0.3 is 15.4 Å². The van der Waals surface area contributed by atoms with Crippen LogP contribution in [-0.2, 0) is 27.2 Å². The molecule has 11 heteroatoms. The largest absolute Gasteiger partial charge is 0.462 e. The number of esters is 1. The van der Waals surface area contributed by atoms with Gasteiger partial charge in [-0.25, -0.2) is 4.79 Å². The summed E-state index contributed by atoms with van der Waals surface area (Å²) in [6.45, 7) is 2.07. The van der Waals surface area contributed by atoms with Crippen LogP contribution in [0.2, 0.25) is 0 Å². The molecule has 2 amide bonds. The lowest BCUT2D eigenvalue weighted by Gasteiger charge is -2.20. The molecule has 1 saturated carbocycles. The smallest absolute Gasteiger partial charge is 0.341 e. The number of fused-ring (bicyclic) bond motifs is 1. The van der Waals surface area contributed by atoms with Crippen LogP contribution >= 0.6 is 34.4 Å². The number of aromatic nitrogens is 2. The quantitative estimate of drug-likeness (QED) is 0.281. The number of hydrogen-bond acceptors (Lipinski definition) is 9. The van der Waals surface area contributed by atoms with Gasteiger partial charge in [-0.2, -0.15) is 0 Å². The molecule has 8 nitrogen and oxygen atoms in total. The summed E-state index contributed by atoms with van der Waals surface area (Å²) in [4.78, 5) is 38.4. The first-order chi connectivity index (χ1) is 16.0. The topological polar surface area (TPSA) is 110 Å². The lowest BCUT2D eigenvalue weighted by atomic mass is 9.87. The number of ether oxygens (including phenoxy) is 1. The van der Waals surface area contributed by atoms with E-state index in [0.29, 0.717) is 39.0 Å². The van der Waals surface area contributed by atoms with E-state index < -0.39 is 0 Å². The number of carbonyl (C=O) groups is 3. The molecule has 2 aliphatic rings. The van der Waals surface area contributed by atoms with Gasteiger partial charge in [-0.3, -0.25) is 9.59 Å². The molecule has 4 rings (SSSR count). The molecule has 0 aliphatic heterocycles. The zero-order valence-corrected chi connectivity index (χ0v) is 21.1. The van der Waals surface area contributed by atoms with Crippen LogP contribution in [0.5, 0.6) is 0 Å².